The highest BCUT2D eigenvalue weighted by molar-refractivity contribution is 4.63. The SMILES string of the molecule is CCCCCCCC(CC)NCC. The molecule has 1 N–H and O–H groups in total. The monoisotopic (exact) mass is 185 g/mol. The van der Waals surface area contributed by atoms with Crippen molar-refractivity contribution < 1.29 is 0 Å². The molecule has 1 nitrogen and oxygen atoms in total. The average Bonchev–Trinajstić information content (AvgIpc) is 2.16. The predicted octanol–water partition coefficient (Wildman–Crippen LogP) is 3.74. The molecule has 0 rings (SSSR count). The molecule has 80 valence electrons. The fraction of sp³-hybridized carbons (Fsp3) is 1.00. The molecule has 1 atom stereocenters. The highest BCUT2D eigenvalue weighted by Gasteiger charge is 2.02. The van der Waals surface area contributed by atoms with Crippen molar-refractivity contribution in [2.45, 2.75) is 71.8 Å². The van der Waals surface area contributed by atoms with Crippen molar-refractivity contribution in [1.29, 1.82) is 0 Å². The van der Waals surface area contributed by atoms with E-state index in [4.69, 9.17) is 0 Å². The Hall–Kier alpha value is -0.0400. The third-order valence-electron chi connectivity index (χ3n) is 2.64. The summed E-state index contributed by atoms with van der Waals surface area (Å²) in [5, 5.41) is 3.52. The standard InChI is InChI=1S/C12H27N/c1-4-7-8-9-10-11-12(5-2)13-6-3/h12-13H,4-11H2,1-3H3. The van der Waals surface area contributed by atoms with E-state index in [0.717, 1.165) is 12.6 Å². The third kappa shape index (κ3) is 8.29. The van der Waals surface area contributed by atoms with Crippen molar-refractivity contribution in [1.82, 2.24) is 5.32 Å². The average molecular weight is 185 g/mol. The maximum atomic E-state index is 3.52. The van der Waals surface area contributed by atoms with Crippen LogP contribution >= 0.6 is 0 Å². The summed E-state index contributed by atoms with van der Waals surface area (Å²) in [5.74, 6) is 0. The lowest BCUT2D eigenvalue weighted by Crippen LogP contribution is -2.27. The highest BCUT2D eigenvalue weighted by atomic mass is 14.9. The molecule has 0 aromatic heterocycles. The van der Waals surface area contributed by atoms with E-state index in [-0.39, 0.29) is 0 Å². The summed E-state index contributed by atoms with van der Waals surface area (Å²) in [5.41, 5.74) is 0. The molecule has 0 saturated carbocycles. The van der Waals surface area contributed by atoms with Gasteiger partial charge in [-0.25, -0.2) is 0 Å². The Kier molecular flexibility index (Phi) is 10.0. The topological polar surface area (TPSA) is 12.0 Å². The summed E-state index contributed by atoms with van der Waals surface area (Å²) in [7, 11) is 0. The van der Waals surface area contributed by atoms with Crippen molar-refractivity contribution in [3.05, 3.63) is 0 Å². The summed E-state index contributed by atoms with van der Waals surface area (Å²) in [6.45, 7) is 7.86. The Balaban J connectivity index is 3.17. The number of nitrogens with one attached hydrogen (secondary N) is 1. The van der Waals surface area contributed by atoms with Crippen LogP contribution in [0.2, 0.25) is 0 Å². The normalized spacial score (nSPS) is 13.2. The first kappa shape index (κ1) is 13.0. The Morgan fingerprint density at radius 3 is 2.15 bits per heavy atom. The minimum Gasteiger partial charge on any atom is -0.314 e. The minimum atomic E-state index is 0.770. The Morgan fingerprint density at radius 1 is 0.923 bits per heavy atom. The largest absolute Gasteiger partial charge is 0.314 e. The fourth-order valence-electron chi connectivity index (χ4n) is 1.73. The van der Waals surface area contributed by atoms with Crippen molar-refractivity contribution >= 4 is 0 Å². The summed E-state index contributed by atoms with van der Waals surface area (Å²) in [6, 6.07) is 0.770. The molecule has 1 heteroatoms. The van der Waals surface area contributed by atoms with Gasteiger partial charge in [0.05, 0.1) is 0 Å². The molecule has 0 aliphatic rings. The van der Waals surface area contributed by atoms with Gasteiger partial charge in [-0.2, -0.15) is 0 Å². The van der Waals surface area contributed by atoms with Crippen LogP contribution in [0.3, 0.4) is 0 Å². The smallest absolute Gasteiger partial charge is 0.00643 e. The lowest BCUT2D eigenvalue weighted by molar-refractivity contribution is 0.453. The minimum absolute atomic E-state index is 0.770. The first-order chi connectivity index (χ1) is 6.35. The van der Waals surface area contributed by atoms with Gasteiger partial charge in [-0.1, -0.05) is 52.9 Å². The zero-order valence-corrected chi connectivity index (χ0v) is 9.73. The number of hydrogen-bond acceptors (Lipinski definition) is 1. The van der Waals surface area contributed by atoms with Crippen molar-refractivity contribution in [3.8, 4) is 0 Å². The predicted molar refractivity (Wildman–Crippen MR) is 61.1 cm³/mol. The van der Waals surface area contributed by atoms with Crippen LogP contribution in [0, 0.1) is 0 Å². The van der Waals surface area contributed by atoms with Crippen LogP contribution < -0.4 is 5.32 Å². The van der Waals surface area contributed by atoms with Crippen molar-refractivity contribution in [2.24, 2.45) is 0 Å². The van der Waals surface area contributed by atoms with Gasteiger partial charge in [0.1, 0.15) is 0 Å². The lowest BCUT2D eigenvalue weighted by Gasteiger charge is -2.15. The molecule has 0 fully saturated rings. The molecule has 0 aromatic rings. The van der Waals surface area contributed by atoms with E-state index < -0.39 is 0 Å². The van der Waals surface area contributed by atoms with Gasteiger partial charge < -0.3 is 5.32 Å². The number of unbranched alkanes of at least 4 members (excludes halogenated alkanes) is 4. The van der Waals surface area contributed by atoms with Crippen molar-refractivity contribution in [3.63, 3.8) is 0 Å². The molecule has 0 aliphatic heterocycles. The van der Waals surface area contributed by atoms with Crippen LogP contribution in [-0.4, -0.2) is 12.6 Å². The van der Waals surface area contributed by atoms with E-state index in [1.807, 2.05) is 0 Å². The van der Waals surface area contributed by atoms with E-state index in [1.165, 1.54) is 44.9 Å². The molecular formula is C12H27N. The Bertz CT molecular complexity index is 91.1. The lowest BCUT2D eigenvalue weighted by atomic mass is 10.0. The number of hydrogen-bond donors (Lipinski definition) is 1. The van der Waals surface area contributed by atoms with Crippen LogP contribution in [0.1, 0.15) is 65.7 Å². The second-order valence-electron chi connectivity index (χ2n) is 3.87. The zero-order chi connectivity index (χ0) is 9.94. The molecule has 13 heavy (non-hydrogen) atoms. The summed E-state index contributed by atoms with van der Waals surface area (Å²) in [6.07, 6.45) is 9.68. The van der Waals surface area contributed by atoms with E-state index in [9.17, 15) is 0 Å². The molecule has 1 unspecified atom stereocenters. The molecule has 0 saturated heterocycles. The maximum Gasteiger partial charge on any atom is 0.00643 e. The molecular weight excluding hydrogens is 158 g/mol. The van der Waals surface area contributed by atoms with Gasteiger partial charge in [0.2, 0.25) is 0 Å². The molecule has 0 aromatic carbocycles. The second kappa shape index (κ2) is 10.0. The maximum absolute atomic E-state index is 3.52. The molecule has 0 aliphatic carbocycles. The summed E-state index contributed by atoms with van der Waals surface area (Å²) >= 11 is 0. The first-order valence-electron chi connectivity index (χ1n) is 6.08. The van der Waals surface area contributed by atoms with E-state index in [1.54, 1.807) is 0 Å². The van der Waals surface area contributed by atoms with Crippen LogP contribution in [0.4, 0.5) is 0 Å². The Morgan fingerprint density at radius 2 is 1.62 bits per heavy atom. The summed E-state index contributed by atoms with van der Waals surface area (Å²) < 4.78 is 0. The van der Waals surface area contributed by atoms with Gasteiger partial charge in [-0.05, 0) is 19.4 Å². The van der Waals surface area contributed by atoms with Gasteiger partial charge in [-0.3, -0.25) is 0 Å². The molecule has 0 heterocycles. The van der Waals surface area contributed by atoms with Crippen LogP contribution in [0.25, 0.3) is 0 Å². The van der Waals surface area contributed by atoms with Gasteiger partial charge in [0, 0.05) is 6.04 Å². The van der Waals surface area contributed by atoms with Crippen LogP contribution in [-0.2, 0) is 0 Å². The summed E-state index contributed by atoms with van der Waals surface area (Å²) in [4.78, 5) is 0. The van der Waals surface area contributed by atoms with Gasteiger partial charge in [0.25, 0.3) is 0 Å². The highest BCUT2D eigenvalue weighted by Crippen LogP contribution is 2.08. The van der Waals surface area contributed by atoms with Crippen LogP contribution in [0.5, 0.6) is 0 Å². The second-order valence-corrected chi connectivity index (χ2v) is 3.87. The quantitative estimate of drug-likeness (QED) is 0.540. The molecule has 0 spiro atoms. The molecule has 0 radical (unpaired) electrons. The van der Waals surface area contributed by atoms with E-state index >= 15 is 0 Å². The Labute approximate surface area is 84.3 Å². The van der Waals surface area contributed by atoms with Crippen LogP contribution in [0.15, 0.2) is 0 Å². The van der Waals surface area contributed by atoms with Crippen molar-refractivity contribution in [2.75, 3.05) is 6.54 Å². The van der Waals surface area contributed by atoms with E-state index in [0.29, 0.717) is 0 Å². The van der Waals surface area contributed by atoms with Gasteiger partial charge >= 0.3 is 0 Å². The van der Waals surface area contributed by atoms with Gasteiger partial charge in [0.15, 0.2) is 0 Å². The molecule has 0 bridgehead atoms. The number of rotatable bonds is 9. The zero-order valence-electron chi connectivity index (χ0n) is 9.73. The van der Waals surface area contributed by atoms with Gasteiger partial charge in [-0.15, -0.1) is 0 Å². The third-order valence-corrected chi connectivity index (χ3v) is 2.64. The molecule has 0 amide bonds. The van der Waals surface area contributed by atoms with E-state index in [2.05, 4.69) is 26.1 Å². The fourth-order valence-corrected chi connectivity index (χ4v) is 1.73. The first-order valence-corrected chi connectivity index (χ1v) is 6.08.